The third-order valence-corrected chi connectivity index (χ3v) is 4.15. The van der Waals surface area contributed by atoms with E-state index >= 15 is 0 Å². The van der Waals surface area contributed by atoms with Crippen molar-refractivity contribution >= 4 is 21.6 Å². The molecule has 0 spiro atoms. The summed E-state index contributed by atoms with van der Waals surface area (Å²) in [6.07, 6.45) is 2.29. The molecule has 102 valence electrons. The van der Waals surface area contributed by atoms with Gasteiger partial charge in [0.05, 0.1) is 5.69 Å². The lowest BCUT2D eigenvalue weighted by molar-refractivity contribution is 0.481. The predicted molar refractivity (Wildman–Crippen MR) is 81.0 cm³/mol. The first-order chi connectivity index (χ1) is 8.67. The average molecular weight is 316 g/mol. The van der Waals surface area contributed by atoms with Gasteiger partial charge in [-0.05, 0) is 24.5 Å². The van der Waals surface area contributed by atoms with Crippen molar-refractivity contribution in [3.63, 3.8) is 0 Å². The Morgan fingerprint density at radius 1 is 1.22 bits per heavy atom. The molecule has 0 atom stereocenters. The van der Waals surface area contributed by atoms with Crippen molar-refractivity contribution in [2.75, 3.05) is 18.0 Å². The third-order valence-electron chi connectivity index (χ3n) is 3.55. The monoisotopic (exact) mass is 315 g/mol. The number of anilines is 1. The van der Waals surface area contributed by atoms with Gasteiger partial charge in [-0.15, -0.1) is 0 Å². The average Bonchev–Trinajstić information content (AvgIpc) is 2.41. The second-order valence-electron chi connectivity index (χ2n) is 4.60. The number of para-hydroxylation sites is 1. The zero-order valence-electron chi connectivity index (χ0n) is 11.5. The highest BCUT2D eigenvalue weighted by Gasteiger charge is 2.17. The Kier molecular flexibility index (Phi) is 6.69. The molecule has 1 nitrogen and oxygen atoms in total. The minimum atomic E-state index is -0.111. The van der Waals surface area contributed by atoms with Crippen LogP contribution in [0.4, 0.5) is 10.1 Å². The van der Waals surface area contributed by atoms with Gasteiger partial charge in [0.1, 0.15) is 5.82 Å². The van der Waals surface area contributed by atoms with Gasteiger partial charge in [-0.1, -0.05) is 54.8 Å². The van der Waals surface area contributed by atoms with E-state index in [9.17, 15) is 4.39 Å². The molecule has 0 aliphatic rings. The Morgan fingerprint density at radius 2 is 1.89 bits per heavy atom. The first kappa shape index (κ1) is 15.5. The van der Waals surface area contributed by atoms with Gasteiger partial charge in [0.2, 0.25) is 0 Å². The number of rotatable bonds is 7. The van der Waals surface area contributed by atoms with E-state index in [-0.39, 0.29) is 5.82 Å². The molecular weight excluding hydrogens is 293 g/mol. The van der Waals surface area contributed by atoms with Crippen molar-refractivity contribution in [2.45, 2.75) is 38.9 Å². The number of alkyl halides is 1. The van der Waals surface area contributed by atoms with E-state index in [0.29, 0.717) is 11.2 Å². The summed E-state index contributed by atoms with van der Waals surface area (Å²) in [4.78, 5) is 2.17. The van der Waals surface area contributed by atoms with Gasteiger partial charge in [0.15, 0.2) is 0 Å². The maximum Gasteiger partial charge on any atom is 0.146 e. The van der Waals surface area contributed by atoms with E-state index in [1.54, 1.807) is 12.1 Å². The molecule has 0 fully saturated rings. The van der Waals surface area contributed by atoms with Crippen molar-refractivity contribution in [3.05, 3.63) is 29.6 Å². The molecule has 0 unspecified atom stereocenters. The Balaban J connectivity index is 3.00. The van der Waals surface area contributed by atoms with Crippen LogP contribution in [0.15, 0.2) is 18.2 Å². The van der Waals surface area contributed by atoms with Gasteiger partial charge < -0.3 is 4.90 Å². The largest absolute Gasteiger partial charge is 0.369 e. The maximum absolute atomic E-state index is 14.1. The van der Waals surface area contributed by atoms with Crippen molar-refractivity contribution in [2.24, 2.45) is 5.92 Å². The molecule has 18 heavy (non-hydrogen) atoms. The SMILES string of the molecule is CCC(CC)CN(CC)c1c(F)cccc1CBr. The smallest absolute Gasteiger partial charge is 0.146 e. The van der Waals surface area contributed by atoms with E-state index in [0.717, 1.165) is 37.2 Å². The summed E-state index contributed by atoms with van der Waals surface area (Å²) < 4.78 is 14.1. The van der Waals surface area contributed by atoms with Crippen LogP contribution in [-0.2, 0) is 5.33 Å². The molecule has 0 aliphatic carbocycles. The van der Waals surface area contributed by atoms with Crippen LogP contribution in [0.25, 0.3) is 0 Å². The Hall–Kier alpha value is -0.570. The fourth-order valence-corrected chi connectivity index (χ4v) is 2.71. The van der Waals surface area contributed by atoms with Crippen LogP contribution in [0.3, 0.4) is 0 Å². The Bertz CT molecular complexity index is 364. The van der Waals surface area contributed by atoms with E-state index in [4.69, 9.17) is 0 Å². The molecule has 1 rings (SSSR count). The summed E-state index contributed by atoms with van der Waals surface area (Å²) in [7, 11) is 0. The topological polar surface area (TPSA) is 3.24 Å². The molecule has 0 aromatic heterocycles. The van der Waals surface area contributed by atoms with Gasteiger partial charge in [-0.3, -0.25) is 0 Å². The lowest BCUT2D eigenvalue weighted by Gasteiger charge is -2.29. The fourth-order valence-electron chi connectivity index (χ4n) is 2.26. The van der Waals surface area contributed by atoms with Gasteiger partial charge >= 0.3 is 0 Å². The number of nitrogens with zero attached hydrogens (tertiary/aromatic N) is 1. The second kappa shape index (κ2) is 7.78. The lowest BCUT2D eigenvalue weighted by atomic mass is 10.0. The molecule has 0 saturated carbocycles. The van der Waals surface area contributed by atoms with Crippen LogP contribution < -0.4 is 4.90 Å². The summed E-state index contributed by atoms with van der Waals surface area (Å²) in [6, 6.07) is 5.32. The normalized spacial score (nSPS) is 11.0. The molecule has 0 aliphatic heterocycles. The van der Waals surface area contributed by atoms with E-state index in [2.05, 4.69) is 41.6 Å². The molecule has 0 bridgehead atoms. The highest BCUT2D eigenvalue weighted by atomic mass is 79.9. The van der Waals surface area contributed by atoms with Crippen molar-refractivity contribution < 1.29 is 4.39 Å². The zero-order valence-corrected chi connectivity index (χ0v) is 13.1. The maximum atomic E-state index is 14.1. The third kappa shape index (κ3) is 3.71. The molecule has 1 aromatic carbocycles. The summed E-state index contributed by atoms with van der Waals surface area (Å²) in [5.41, 5.74) is 1.80. The van der Waals surface area contributed by atoms with Crippen LogP contribution in [0.2, 0.25) is 0 Å². The number of benzene rings is 1. The summed E-state index contributed by atoms with van der Waals surface area (Å²) in [5, 5.41) is 0.694. The fraction of sp³-hybridized carbons (Fsp3) is 0.600. The van der Waals surface area contributed by atoms with Crippen LogP contribution in [0.5, 0.6) is 0 Å². The van der Waals surface area contributed by atoms with Gasteiger partial charge in [0, 0.05) is 18.4 Å². The number of hydrogen-bond acceptors (Lipinski definition) is 1. The summed E-state index contributed by atoms with van der Waals surface area (Å²) in [5.74, 6) is 0.521. The van der Waals surface area contributed by atoms with Gasteiger partial charge in [-0.25, -0.2) is 4.39 Å². The molecule has 0 radical (unpaired) electrons. The Morgan fingerprint density at radius 3 is 2.39 bits per heavy atom. The van der Waals surface area contributed by atoms with Crippen LogP contribution in [-0.4, -0.2) is 13.1 Å². The van der Waals surface area contributed by atoms with Crippen LogP contribution in [0, 0.1) is 11.7 Å². The van der Waals surface area contributed by atoms with Crippen molar-refractivity contribution in [3.8, 4) is 0 Å². The minimum absolute atomic E-state index is 0.111. The van der Waals surface area contributed by atoms with Crippen LogP contribution in [0.1, 0.15) is 39.2 Å². The van der Waals surface area contributed by atoms with Crippen LogP contribution >= 0.6 is 15.9 Å². The first-order valence-corrected chi connectivity index (χ1v) is 7.88. The quantitative estimate of drug-likeness (QED) is 0.641. The molecule has 0 N–H and O–H groups in total. The number of halogens is 2. The molecule has 1 aromatic rings. The molecule has 0 saturated heterocycles. The summed E-state index contributed by atoms with van der Waals surface area (Å²) in [6.45, 7) is 8.28. The zero-order chi connectivity index (χ0) is 13.5. The van der Waals surface area contributed by atoms with E-state index in [1.165, 1.54) is 0 Å². The standard InChI is InChI=1S/C15H23BrFN/c1-4-12(5-2)11-18(6-3)15-13(10-16)8-7-9-14(15)17/h7-9,12H,4-6,10-11H2,1-3H3. The first-order valence-electron chi connectivity index (χ1n) is 6.76. The molecular formula is C15H23BrFN. The highest BCUT2D eigenvalue weighted by Crippen LogP contribution is 2.27. The van der Waals surface area contributed by atoms with E-state index in [1.807, 2.05) is 6.07 Å². The van der Waals surface area contributed by atoms with Gasteiger partial charge in [0.25, 0.3) is 0 Å². The lowest BCUT2D eigenvalue weighted by Crippen LogP contribution is -2.30. The number of hydrogen-bond donors (Lipinski definition) is 0. The predicted octanol–water partition coefficient (Wildman–Crippen LogP) is 4.98. The van der Waals surface area contributed by atoms with Crippen molar-refractivity contribution in [1.29, 1.82) is 0 Å². The molecule has 0 amide bonds. The second-order valence-corrected chi connectivity index (χ2v) is 5.16. The summed E-state index contributed by atoms with van der Waals surface area (Å²) >= 11 is 3.45. The Labute approximate surface area is 119 Å². The highest BCUT2D eigenvalue weighted by molar-refractivity contribution is 9.08. The molecule has 0 heterocycles. The minimum Gasteiger partial charge on any atom is -0.369 e. The molecule has 3 heteroatoms. The van der Waals surface area contributed by atoms with E-state index < -0.39 is 0 Å². The van der Waals surface area contributed by atoms with Gasteiger partial charge in [-0.2, -0.15) is 0 Å². The van der Waals surface area contributed by atoms with Crippen molar-refractivity contribution in [1.82, 2.24) is 0 Å².